The third-order valence-electron chi connectivity index (χ3n) is 1.87. The molecule has 0 saturated carbocycles. The first-order chi connectivity index (χ1) is 8.47. The fraction of sp³-hybridized carbons (Fsp3) is 0.556. The molecule has 4 nitrogen and oxygen atoms in total. The molecule has 1 aromatic rings. The van der Waals surface area contributed by atoms with E-state index in [0.29, 0.717) is 35.0 Å². The first-order valence-corrected chi connectivity index (χ1v) is 9.65. The van der Waals surface area contributed by atoms with E-state index in [0.717, 1.165) is 16.7 Å². The zero-order valence-electron chi connectivity index (χ0n) is 9.29. The maximum atomic E-state index is 11.9. The van der Waals surface area contributed by atoms with Gasteiger partial charge in [-0.3, -0.25) is 0 Å². The maximum Gasteiger partial charge on any atom is 0.250 e. The lowest BCUT2D eigenvalue weighted by molar-refractivity contribution is 0.149. The summed E-state index contributed by atoms with van der Waals surface area (Å²) in [5.74, 6) is 0. The van der Waals surface area contributed by atoms with E-state index in [2.05, 4.69) is 36.6 Å². The van der Waals surface area contributed by atoms with E-state index in [4.69, 9.17) is 16.3 Å². The van der Waals surface area contributed by atoms with Gasteiger partial charge in [0, 0.05) is 18.5 Å². The number of nitrogens with one attached hydrogen (secondary N) is 1. The van der Waals surface area contributed by atoms with E-state index < -0.39 is 10.0 Å². The molecule has 1 rings (SSSR count). The van der Waals surface area contributed by atoms with Crippen LogP contribution in [0, 0.1) is 0 Å². The minimum atomic E-state index is -3.47. The molecule has 0 radical (unpaired) electrons. The highest BCUT2D eigenvalue weighted by Crippen LogP contribution is 2.34. The van der Waals surface area contributed by atoms with Gasteiger partial charge in [-0.1, -0.05) is 27.5 Å². The molecule has 0 saturated heterocycles. The number of halogens is 3. The molecule has 0 bridgehead atoms. The van der Waals surface area contributed by atoms with Crippen molar-refractivity contribution in [3.8, 4) is 0 Å². The van der Waals surface area contributed by atoms with Crippen LogP contribution in [0.25, 0.3) is 0 Å². The molecular weight excluding hydrogens is 429 g/mol. The molecule has 0 aromatic carbocycles. The van der Waals surface area contributed by atoms with Crippen LogP contribution in [0.1, 0.15) is 6.42 Å². The Morgan fingerprint density at radius 2 is 2.17 bits per heavy atom. The third kappa shape index (κ3) is 5.44. The number of sulfonamides is 1. The molecule has 0 atom stereocenters. The number of rotatable bonds is 8. The molecule has 0 unspecified atom stereocenters. The van der Waals surface area contributed by atoms with Crippen LogP contribution in [-0.4, -0.2) is 33.5 Å². The topological polar surface area (TPSA) is 55.4 Å². The normalized spacial score (nSPS) is 11.9. The van der Waals surface area contributed by atoms with Crippen molar-refractivity contribution in [3.05, 3.63) is 14.9 Å². The van der Waals surface area contributed by atoms with E-state index in [9.17, 15) is 8.42 Å². The van der Waals surface area contributed by atoms with Gasteiger partial charge in [-0.05, 0) is 28.4 Å². The Bertz CT molecular complexity index is 459. The Morgan fingerprint density at radius 3 is 2.72 bits per heavy atom. The Balaban J connectivity index is 2.41. The van der Waals surface area contributed by atoms with Gasteiger partial charge in [0.05, 0.1) is 15.4 Å². The zero-order chi connectivity index (χ0) is 13.6. The summed E-state index contributed by atoms with van der Waals surface area (Å²) < 4.78 is 32.3. The molecule has 1 N–H and O–H groups in total. The number of hydrogen-bond donors (Lipinski definition) is 1. The molecule has 104 valence electrons. The summed E-state index contributed by atoms with van der Waals surface area (Å²) in [6, 6.07) is 1.43. The van der Waals surface area contributed by atoms with Crippen molar-refractivity contribution in [3.63, 3.8) is 0 Å². The summed E-state index contributed by atoms with van der Waals surface area (Å²) in [4.78, 5) is 0. The Hall–Kier alpha value is 0.820. The summed E-state index contributed by atoms with van der Waals surface area (Å²) in [6.07, 6.45) is 0.631. The molecular formula is C9H12Br2ClNO3S2. The Morgan fingerprint density at radius 1 is 1.44 bits per heavy atom. The van der Waals surface area contributed by atoms with Crippen LogP contribution in [0.5, 0.6) is 0 Å². The molecule has 0 aliphatic rings. The lowest BCUT2D eigenvalue weighted by Gasteiger charge is -2.04. The van der Waals surface area contributed by atoms with Crippen LogP contribution >= 0.6 is 54.8 Å². The van der Waals surface area contributed by atoms with Crippen LogP contribution in [0.3, 0.4) is 0 Å². The number of alkyl halides is 1. The number of hydrogen-bond acceptors (Lipinski definition) is 4. The van der Waals surface area contributed by atoms with Gasteiger partial charge in [-0.2, -0.15) is 0 Å². The first-order valence-electron chi connectivity index (χ1n) is 5.05. The van der Waals surface area contributed by atoms with Crippen LogP contribution in [0.15, 0.2) is 14.1 Å². The third-order valence-corrected chi connectivity index (χ3v) is 6.60. The molecule has 0 amide bonds. The van der Waals surface area contributed by atoms with E-state index in [1.165, 1.54) is 6.07 Å². The van der Waals surface area contributed by atoms with Gasteiger partial charge in [-0.25, -0.2) is 13.1 Å². The van der Waals surface area contributed by atoms with Crippen molar-refractivity contribution in [1.82, 2.24) is 4.72 Å². The molecule has 9 heteroatoms. The van der Waals surface area contributed by atoms with Crippen LogP contribution < -0.4 is 4.72 Å². The minimum absolute atomic E-state index is 0.209. The summed E-state index contributed by atoms with van der Waals surface area (Å²) in [5.41, 5.74) is 0. The number of ether oxygens (including phenoxy) is 1. The zero-order valence-corrected chi connectivity index (χ0v) is 14.8. The SMILES string of the molecule is O=S(=O)(NCCCOCCBr)c1cc(Cl)c(Br)s1. The van der Waals surface area contributed by atoms with E-state index in [1.807, 2.05) is 0 Å². The second-order valence-corrected chi connectivity index (χ2v) is 8.80. The highest BCUT2D eigenvalue weighted by Gasteiger charge is 2.18. The minimum Gasteiger partial charge on any atom is -0.381 e. The van der Waals surface area contributed by atoms with E-state index in [1.54, 1.807) is 0 Å². The molecule has 0 fully saturated rings. The highest BCUT2D eigenvalue weighted by molar-refractivity contribution is 9.11. The monoisotopic (exact) mass is 439 g/mol. The Labute approximate surface area is 132 Å². The van der Waals surface area contributed by atoms with Crippen molar-refractivity contribution in [2.24, 2.45) is 0 Å². The number of thiophene rings is 1. The van der Waals surface area contributed by atoms with Crippen LogP contribution in [0.2, 0.25) is 5.02 Å². The lowest BCUT2D eigenvalue weighted by Crippen LogP contribution is -2.24. The molecule has 1 heterocycles. The van der Waals surface area contributed by atoms with Crippen LogP contribution in [0.4, 0.5) is 0 Å². The summed E-state index contributed by atoms with van der Waals surface area (Å²) in [5, 5.41) is 1.18. The van der Waals surface area contributed by atoms with Crippen molar-refractivity contribution in [1.29, 1.82) is 0 Å². The molecule has 0 aliphatic carbocycles. The van der Waals surface area contributed by atoms with Gasteiger partial charge in [0.15, 0.2) is 0 Å². The maximum absolute atomic E-state index is 11.9. The summed E-state index contributed by atoms with van der Waals surface area (Å²) >= 11 is 13.3. The van der Waals surface area contributed by atoms with Gasteiger partial charge >= 0.3 is 0 Å². The Kier molecular flexibility index (Phi) is 7.67. The summed E-state index contributed by atoms with van der Waals surface area (Å²) in [7, 11) is -3.47. The molecule has 18 heavy (non-hydrogen) atoms. The van der Waals surface area contributed by atoms with Gasteiger partial charge in [0.25, 0.3) is 0 Å². The van der Waals surface area contributed by atoms with Crippen molar-refractivity contribution >= 4 is 64.8 Å². The average Bonchev–Trinajstić information content (AvgIpc) is 2.65. The van der Waals surface area contributed by atoms with E-state index >= 15 is 0 Å². The fourth-order valence-corrected chi connectivity index (χ4v) is 4.81. The van der Waals surface area contributed by atoms with E-state index in [-0.39, 0.29) is 4.21 Å². The van der Waals surface area contributed by atoms with Crippen LogP contribution in [-0.2, 0) is 14.8 Å². The lowest BCUT2D eigenvalue weighted by atomic mass is 10.5. The molecule has 0 aliphatic heterocycles. The molecule has 1 aromatic heterocycles. The van der Waals surface area contributed by atoms with Crippen molar-refractivity contribution in [2.75, 3.05) is 25.1 Å². The van der Waals surface area contributed by atoms with Crippen molar-refractivity contribution in [2.45, 2.75) is 10.6 Å². The first kappa shape index (κ1) is 16.9. The quantitative estimate of drug-likeness (QED) is 0.498. The molecule has 0 spiro atoms. The second-order valence-electron chi connectivity index (χ2n) is 3.24. The van der Waals surface area contributed by atoms with Gasteiger partial charge in [0.2, 0.25) is 10.0 Å². The predicted molar refractivity (Wildman–Crippen MR) is 81.4 cm³/mol. The smallest absolute Gasteiger partial charge is 0.250 e. The van der Waals surface area contributed by atoms with Gasteiger partial charge < -0.3 is 4.74 Å². The predicted octanol–water partition coefficient (Wildman–Crippen LogP) is 3.24. The van der Waals surface area contributed by atoms with Gasteiger partial charge in [-0.15, -0.1) is 11.3 Å². The second kappa shape index (κ2) is 8.18. The largest absolute Gasteiger partial charge is 0.381 e. The average molecular weight is 442 g/mol. The standard InChI is InChI=1S/C9H12Br2ClNO3S2/c10-2-5-16-4-1-3-13-18(14,15)8-6-7(12)9(11)17-8/h6,13H,1-5H2. The highest BCUT2D eigenvalue weighted by atomic mass is 79.9. The van der Waals surface area contributed by atoms with Crippen molar-refractivity contribution < 1.29 is 13.2 Å². The van der Waals surface area contributed by atoms with Gasteiger partial charge in [0.1, 0.15) is 4.21 Å². The fourth-order valence-electron chi connectivity index (χ4n) is 1.07. The summed E-state index contributed by atoms with van der Waals surface area (Å²) in [6.45, 7) is 1.50.